The third kappa shape index (κ3) is 2.58. The Morgan fingerprint density at radius 2 is 2.07 bits per heavy atom. The molecule has 0 saturated carbocycles. The molecule has 0 spiro atoms. The van der Waals surface area contributed by atoms with E-state index >= 15 is 0 Å². The van der Waals surface area contributed by atoms with Crippen molar-refractivity contribution < 1.29 is 9.47 Å². The number of unbranched alkanes of at least 4 members (excludes halogenated alkanes) is 1. The fraction of sp³-hybridized carbons (Fsp3) is 0.538. The van der Waals surface area contributed by atoms with Crippen LogP contribution in [0.1, 0.15) is 25.3 Å². The molecule has 82 valence electrons. The fourth-order valence-corrected chi connectivity index (χ4v) is 1.65. The number of benzene rings is 1. The normalized spacial score (nSPS) is 24.1. The second kappa shape index (κ2) is 4.77. The minimum absolute atomic E-state index is 0.130. The summed E-state index contributed by atoms with van der Waals surface area (Å²) in [5.74, 6) is 0. The molecule has 0 bridgehead atoms. The van der Waals surface area contributed by atoms with Gasteiger partial charge < -0.3 is 9.47 Å². The Morgan fingerprint density at radius 1 is 1.33 bits per heavy atom. The molecule has 2 nitrogen and oxygen atoms in total. The first-order valence-corrected chi connectivity index (χ1v) is 5.65. The summed E-state index contributed by atoms with van der Waals surface area (Å²) in [4.78, 5) is 0. The fourth-order valence-electron chi connectivity index (χ4n) is 1.65. The lowest BCUT2D eigenvalue weighted by atomic mass is 10.0. The number of hydrogen-bond acceptors (Lipinski definition) is 2. The van der Waals surface area contributed by atoms with Gasteiger partial charge in [-0.15, -0.1) is 0 Å². The van der Waals surface area contributed by atoms with E-state index in [-0.39, 0.29) is 5.60 Å². The van der Waals surface area contributed by atoms with Gasteiger partial charge in [0.15, 0.2) is 0 Å². The molecule has 0 aliphatic carbocycles. The molecule has 1 aliphatic heterocycles. The summed E-state index contributed by atoms with van der Waals surface area (Å²) < 4.78 is 11.2. The molecule has 0 radical (unpaired) electrons. The first kappa shape index (κ1) is 10.7. The highest BCUT2D eigenvalue weighted by molar-refractivity contribution is 5.26. The molecule has 1 aromatic carbocycles. The van der Waals surface area contributed by atoms with Gasteiger partial charge in [-0.25, -0.2) is 0 Å². The first-order valence-electron chi connectivity index (χ1n) is 5.65. The van der Waals surface area contributed by atoms with E-state index in [0.717, 1.165) is 19.6 Å². The first-order chi connectivity index (χ1) is 7.37. The smallest absolute Gasteiger partial charge is 0.140 e. The number of hydrogen-bond donors (Lipinski definition) is 0. The lowest BCUT2D eigenvalue weighted by Gasteiger charge is -2.12. The van der Waals surface area contributed by atoms with Crippen molar-refractivity contribution in [2.45, 2.75) is 25.4 Å². The predicted octanol–water partition coefficient (Wildman–Crippen LogP) is 2.73. The molecule has 1 unspecified atom stereocenters. The summed E-state index contributed by atoms with van der Waals surface area (Å²) in [6, 6.07) is 10.3. The zero-order chi connectivity index (χ0) is 10.6. The highest BCUT2D eigenvalue weighted by atomic mass is 16.6. The summed E-state index contributed by atoms with van der Waals surface area (Å²) in [5, 5.41) is 0. The molecule has 0 amide bonds. The van der Waals surface area contributed by atoms with Crippen LogP contribution < -0.4 is 0 Å². The summed E-state index contributed by atoms with van der Waals surface area (Å²) in [6.45, 7) is 4.50. The quantitative estimate of drug-likeness (QED) is 0.527. The molecule has 0 N–H and O–H groups in total. The lowest BCUT2D eigenvalue weighted by molar-refractivity contribution is 0.0758. The molecular formula is C13H18O2. The topological polar surface area (TPSA) is 21.8 Å². The molecular weight excluding hydrogens is 188 g/mol. The average Bonchev–Trinajstić information content (AvgIpc) is 3.07. The Bertz CT molecular complexity index is 291. The third-order valence-electron chi connectivity index (χ3n) is 2.77. The van der Waals surface area contributed by atoms with Gasteiger partial charge in [0, 0.05) is 6.61 Å². The molecule has 1 fully saturated rings. The van der Waals surface area contributed by atoms with Crippen molar-refractivity contribution in [3.05, 3.63) is 35.9 Å². The zero-order valence-electron chi connectivity index (χ0n) is 9.24. The van der Waals surface area contributed by atoms with Crippen molar-refractivity contribution in [2.75, 3.05) is 19.8 Å². The molecule has 1 aliphatic rings. The lowest BCUT2D eigenvalue weighted by Crippen LogP contribution is -2.17. The SMILES string of the molecule is CCCCOCC1(c2ccccc2)CO1. The Hall–Kier alpha value is -0.860. The van der Waals surface area contributed by atoms with Crippen LogP contribution in [0.5, 0.6) is 0 Å². The maximum Gasteiger partial charge on any atom is 0.140 e. The second-order valence-electron chi connectivity index (χ2n) is 4.06. The largest absolute Gasteiger partial charge is 0.378 e. The zero-order valence-corrected chi connectivity index (χ0v) is 9.24. The van der Waals surface area contributed by atoms with Gasteiger partial charge in [-0.2, -0.15) is 0 Å². The molecule has 1 saturated heterocycles. The Balaban J connectivity index is 1.86. The van der Waals surface area contributed by atoms with Crippen LogP contribution in [0.4, 0.5) is 0 Å². The van der Waals surface area contributed by atoms with Crippen molar-refractivity contribution in [1.29, 1.82) is 0 Å². The average molecular weight is 206 g/mol. The van der Waals surface area contributed by atoms with Crippen molar-refractivity contribution in [1.82, 2.24) is 0 Å². The highest BCUT2D eigenvalue weighted by Gasteiger charge is 2.46. The monoisotopic (exact) mass is 206 g/mol. The van der Waals surface area contributed by atoms with E-state index in [0.29, 0.717) is 6.61 Å². The maximum atomic E-state index is 5.63. The van der Waals surface area contributed by atoms with Crippen LogP contribution in [-0.2, 0) is 15.1 Å². The van der Waals surface area contributed by atoms with Gasteiger partial charge in [0.05, 0.1) is 13.2 Å². The van der Waals surface area contributed by atoms with Crippen LogP contribution >= 0.6 is 0 Å². The van der Waals surface area contributed by atoms with E-state index < -0.39 is 0 Å². The molecule has 1 heterocycles. The molecule has 1 aromatic rings. The molecule has 2 rings (SSSR count). The van der Waals surface area contributed by atoms with Gasteiger partial charge >= 0.3 is 0 Å². The minimum Gasteiger partial charge on any atom is -0.378 e. The third-order valence-corrected chi connectivity index (χ3v) is 2.77. The number of ether oxygens (including phenoxy) is 2. The molecule has 15 heavy (non-hydrogen) atoms. The van der Waals surface area contributed by atoms with Crippen molar-refractivity contribution in [3.63, 3.8) is 0 Å². The molecule has 0 aromatic heterocycles. The second-order valence-corrected chi connectivity index (χ2v) is 4.06. The Morgan fingerprint density at radius 3 is 2.67 bits per heavy atom. The van der Waals surface area contributed by atoms with Crippen molar-refractivity contribution in [3.8, 4) is 0 Å². The summed E-state index contributed by atoms with van der Waals surface area (Å²) >= 11 is 0. The van der Waals surface area contributed by atoms with E-state index in [9.17, 15) is 0 Å². The van der Waals surface area contributed by atoms with E-state index in [1.807, 2.05) is 18.2 Å². The summed E-state index contributed by atoms with van der Waals surface area (Å²) in [7, 11) is 0. The van der Waals surface area contributed by atoms with Crippen LogP contribution in [0, 0.1) is 0 Å². The standard InChI is InChI=1S/C13H18O2/c1-2-3-9-14-10-13(11-15-13)12-7-5-4-6-8-12/h4-8H,2-3,9-11H2,1H3. The predicted molar refractivity (Wildman–Crippen MR) is 59.8 cm³/mol. The van der Waals surface area contributed by atoms with E-state index in [1.54, 1.807) is 0 Å². The molecule has 1 atom stereocenters. The van der Waals surface area contributed by atoms with Crippen LogP contribution in [0.15, 0.2) is 30.3 Å². The van der Waals surface area contributed by atoms with Crippen LogP contribution in [0.2, 0.25) is 0 Å². The van der Waals surface area contributed by atoms with E-state index in [1.165, 1.54) is 12.0 Å². The summed E-state index contributed by atoms with van der Waals surface area (Å²) in [5.41, 5.74) is 1.11. The minimum atomic E-state index is -0.130. The van der Waals surface area contributed by atoms with Crippen LogP contribution in [-0.4, -0.2) is 19.8 Å². The number of epoxide rings is 1. The Kier molecular flexibility index (Phi) is 3.39. The van der Waals surface area contributed by atoms with Crippen LogP contribution in [0.25, 0.3) is 0 Å². The van der Waals surface area contributed by atoms with Gasteiger partial charge in [-0.05, 0) is 12.0 Å². The van der Waals surface area contributed by atoms with Gasteiger partial charge in [0.2, 0.25) is 0 Å². The van der Waals surface area contributed by atoms with Gasteiger partial charge in [-0.1, -0.05) is 43.7 Å². The number of rotatable bonds is 6. The van der Waals surface area contributed by atoms with Gasteiger partial charge in [0.25, 0.3) is 0 Å². The van der Waals surface area contributed by atoms with Gasteiger partial charge in [-0.3, -0.25) is 0 Å². The Labute approximate surface area is 91.2 Å². The highest BCUT2D eigenvalue weighted by Crippen LogP contribution is 2.38. The molecule has 2 heteroatoms. The van der Waals surface area contributed by atoms with Crippen molar-refractivity contribution >= 4 is 0 Å². The van der Waals surface area contributed by atoms with Crippen molar-refractivity contribution in [2.24, 2.45) is 0 Å². The van der Waals surface area contributed by atoms with Crippen LogP contribution in [0.3, 0.4) is 0 Å². The summed E-state index contributed by atoms with van der Waals surface area (Å²) in [6.07, 6.45) is 2.31. The maximum absolute atomic E-state index is 5.63. The van der Waals surface area contributed by atoms with E-state index in [4.69, 9.17) is 9.47 Å². The van der Waals surface area contributed by atoms with Gasteiger partial charge in [0.1, 0.15) is 5.60 Å². The van der Waals surface area contributed by atoms with E-state index in [2.05, 4.69) is 19.1 Å².